The van der Waals surface area contributed by atoms with Crippen LogP contribution in [0.2, 0.25) is 0 Å². The van der Waals surface area contributed by atoms with Gasteiger partial charge in [0.15, 0.2) is 0 Å². The molecule has 1 aliphatic heterocycles. The Bertz CT molecular complexity index is 1200. The minimum atomic E-state index is -1.50. The number of Topliss-reactive ketones (excluding diaryl/α,β-unsaturated/α-hetero) is 1. The van der Waals surface area contributed by atoms with Crippen LogP contribution in [0.5, 0.6) is 5.75 Å². The number of hydrogen-bond donors (Lipinski definition) is 1. The maximum absolute atomic E-state index is 14.4. The number of amides is 1. The average Bonchev–Trinajstić information content (AvgIpc) is 3.47. The molecule has 2 heterocycles. The van der Waals surface area contributed by atoms with E-state index in [1.165, 1.54) is 16.2 Å². The fraction of sp³-hybridized carbons (Fsp3) is 0.571. The van der Waals surface area contributed by atoms with Crippen molar-refractivity contribution in [3.05, 3.63) is 45.4 Å². The van der Waals surface area contributed by atoms with E-state index in [0.29, 0.717) is 29.2 Å². The number of nitrogens with zero attached hydrogens (tertiary/aromatic N) is 2. The lowest BCUT2D eigenvalue weighted by atomic mass is 9.75. The Balaban J connectivity index is 1.94. The Labute approximate surface area is 216 Å². The van der Waals surface area contributed by atoms with Crippen LogP contribution in [0.3, 0.4) is 0 Å². The zero-order valence-corrected chi connectivity index (χ0v) is 22.9. The lowest BCUT2D eigenvalue weighted by Crippen LogP contribution is -2.57. The van der Waals surface area contributed by atoms with Gasteiger partial charge in [-0.2, -0.15) is 0 Å². The molecule has 36 heavy (non-hydrogen) atoms. The summed E-state index contributed by atoms with van der Waals surface area (Å²) in [6.45, 7) is 12.0. The van der Waals surface area contributed by atoms with E-state index >= 15 is 0 Å². The number of benzene rings is 1. The van der Waals surface area contributed by atoms with Crippen molar-refractivity contribution < 1.29 is 24.2 Å². The molecule has 1 aliphatic carbocycles. The summed E-state index contributed by atoms with van der Waals surface area (Å²) in [7, 11) is 1.57. The molecular formula is C28H36N2O5S. The van der Waals surface area contributed by atoms with Crippen LogP contribution in [-0.2, 0) is 15.0 Å². The molecule has 0 bridgehead atoms. The maximum atomic E-state index is 14.4. The van der Waals surface area contributed by atoms with E-state index in [1.807, 2.05) is 26.8 Å². The monoisotopic (exact) mass is 512 g/mol. The summed E-state index contributed by atoms with van der Waals surface area (Å²) in [5, 5.41) is 11.4. The molecule has 0 radical (unpaired) electrons. The molecule has 4 atom stereocenters. The van der Waals surface area contributed by atoms with E-state index in [2.05, 4.69) is 25.8 Å². The molecule has 1 saturated carbocycles. The van der Waals surface area contributed by atoms with Crippen molar-refractivity contribution in [2.24, 2.45) is 17.8 Å². The highest BCUT2D eigenvalue weighted by Crippen LogP contribution is 2.59. The van der Waals surface area contributed by atoms with Crippen molar-refractivity contribution in [1.29, 1.82) is 0 Å². The predicted molar refractivity (Wildman–Crippen MR) is 138 cm³/mol. The number of carboxylic acid groups (broad SMARTS) is 1. The van der Waals surface area contributed by atoms with Crippen LogP contribution in [0.4, 0.5) is 0 Å². The third-order valence-corrected chi connectivity index (χ3v) is 8.61. The van der Waals surface area contributed by atoms with Crippen LogP contribution in [0, 0.1) is 24.7 Å². The van der Waals surface area contributed by atoms with Crippen molar-refractivity contribution in [2.75, 3.05) is 7.11 Å². The minimum Gasteiger partial charge on any atom is -0.496 e. The number of carbonyl (C=O) groups excluding carboxylic acids is 2. The lowest BCUT2D eigenvalue weighted by Gasteiger charge is -2.41. The first-order chi connectivity index (χ1) is 16.8. The Morgan fingerprint density at radius 3 is 2.53 bits per heavy atom. The number of aryl methyl sites for hydroxylation is 1. The van der Waals surface area contributed by atoms with Crippen molar-refractivity contribution >= 4 is 29.0 Å². The van der Waals surface area contributed by atoms with Gasteiger partial charge in [-0.3, -0.25) is 9.59 Å². The van der Waals surface area contributed by atoms with Gasteiger partial charge in [-0.05, 0) is 48.8 Å². The molecule has 7 nitrogen and oxygen atoms in total. The number of rotatable bonds is 6. The van der Waals surface area contributed by atoms with Crippen LogP contribution in [0.1, 0.15) is 85.7 Å². The lowest BCUT2D eigenvalue weighted by molar-refractivity contribution is -0.152. The molecule has 0 unspecified atom stereocenters. The van der Waals surface area contributed by atoms with Crippen LogP contribution in [0.15, 0.2) is 24.4 Å². The number of thiazole rings is 1. The fourth-order valence-corrected chi connectivity index (χ4v) is 7.19. The number of carbonyl (C=O) groups is 3. The first-order valence-corrected chi connectivity index (χ1v) is 13.3. The fourth-order valence-electron chi connectivity index (χ4n) is 6.27. The van der Waals surface area contributed by atoms with Gasteiger partial charge in [0.25, 0.3) is 5.91 Å². The van der Waals surface area contributed by atoms with Crippen LogP contribution in [0.25, 0.3) is 0 Å². The van der Waals surface area contributed by atoms with Crippen LogP contribution < -0.4 is 4.74 Å². The van der Waals surface area contributed by atoms with Crippen molar-refractivity contribution in [3.63, 3.8) is 0 Å². The summed E-state index contributed by atoms with van der Waals surface area (Å²) < 4.78 is 5.64. The molecule has 1 N–H and O–H groups in total. The SMILES string of the molecule is COc1cc(C(=O)N2[C@@H](c3ncc(C)s3)[C@H]3C(=O)CC[C@H]3[C@@]2(CC(C)C)C(=O)O)ccc1C(C)(C)C. The van der Waals surface area contributed by atoms with Crippen LogP contribution >= 0.6 is 11.3 Å². The number of fused-ring (bicyclic) bond motifs is 1. The zero-order chi connectivity index (χ0) is 26.6. The standard InChI is InChI=1S/C28H36N2O5S/c1-15(2)13-28(26(33)34)19-10-11-20(31)22(19)23(24-29-14-16(3)36-24)30(28)25(32)17-8-9-18(27(4,5)6)21(12-17)35-7/h8-9,12,14-15,19,22-23H,10-11,13H2,1-7H3,(H,33,34)/t19-,22-,23-,28+/m1/s1. The molecular weight excluding hydrogens is 476 g/mol. The minimum absolute atomic E-state index is 0.00216. The van der Waals surface area contributed by atoms with Gasteiger partial charge in [0.05, 0.1) is 19.1 Å². The van der Waals surface area contributed by atoms with Gasteiger partial charge in [0, 0.05) is 29.0 Å². The molecule has 8 heteroatoms. The second kappa shape index (κ2) is 9.29. The Hall–Kier alpha value is -2.74. The second-order valence-electron chi connectivity index (χ2n) is 11.6. The summed E-state index contributed by atoms with van der Waals surface area (Å²) in [6, 6.07) is 4.61. The summed E-state index contributed by atoms with van der Waals surface area (Å²) in [5.41, 5.74) is -0.399. The number of likely N-dealkylation sites (tertiary alicyclic amines) is 1. The largest absolute Gasteiger partial charge is 0.496 e. The van der Waals surface area contributed by atoms with Gasteiger partial charge in [0.2, 0.25) is 0 Å². The van der Waals surface area contributed by atoms with E-state index in [0.717, 1.165) is 10.4 Å². The number of hydrogen-bond acceptors (Lipinski definition) is 6. The molecule has 1 amide bonds. The maximum Gasteiger partial charge on any atom is 0.329 e. The van der Waals surface area contributed by atoms with Gasteiger partial charge in [-0.1, -0.05) is 40.7 Å². The number of aliphatic carboxylic acids is 1. The Morgan fingerprint density at radius 1 is 1.31 bits per heavy atom. The van der Waals surface area contributed by atoms with Gasteiger partial charge < -0.3 is 14.7 Å². The number of methoxy groups -OCH3 is 1. The highest BCUT2D eigenvalue weighted by Gasteiger charge is 2.68. The molecule has 2 aliphatic rings. The molecule has 194 valence electrons. The van der Waals surface area contributed by atoms with E-state index in [1.54, 1.807) is 25.4 Å². The topological polar surface area (TPSA) is 96.8 Å². The number of aromatic nitrogens is 1. The summed E-state index contributed by atoms with van der Waals surface area (Å²) in [6.07, 6.45) is 2.78. The smallest absolute Gasteiger partial charge is 0.329 e. The number of carboxylic acids is 1. The van der Waals surface area contributed by atoms with Gasteiger partial charge in [-0.25, -0.2) is 9.78 Å². The van der Waals surface area contributed by atoms with Crippen molar-refractivity contribution in [3.8, 4) is 5.75 Å². The van der Waals surface area contributed by atoms with Crippen molar-refractivity contribution in [1.82, 2.24) is 9.88 Å². The van der Waals surface area contributed by atoms with Gasteiger partial charge >= 0.3 is 5.97 Å². The summed E-state index contributed by atoms with van der Waals surface area (Å²) in [5.74, 6) is -1.90. The highest BCUT2D eigenvalue weighted by molar-refractivity contribution is 7.11. The Kier molecular flexibility index (Phi) is 6.79. The number of ketones is 1. The van der Waals surface area contributed by atoms with Gasteiger partial charge in [-0.15, -0.1) is 11.3 Å². The van der Waals surface area contributed by atoms with E-state index in [4.69, 9.17) is 4.74 Å². The second-order valence-corrected chi connectivity index (χ2v) is 12.8. The quantitative estimate of drug-likeness (QED) is 0.555. The molecule has 4 rings (SSSR count). The number of ether oxygens (including phenoxy) is 1. The predicted octanol–water partition coefficient (Wildman–Crippen LogP) is 5.42. The molecule has 1 aromatic carbocycles. The molecule has 2 fully saturated rings. The van der Waals surface area contributed by atoms with E-state index in [-0.39, 0.29) is 23.5 Å². The third kappa shape index (κ3) is 4.13. The van der Waals surface area contributed by atoms with E-state index in [9.17, 15) is 19.5 Å². The van der Waals surface area contributed by atoms with E-state index < -0.39 is 35.3 Å². The third-order valence-electron chi connectivity index (χ3n) is 7.63. The molecule has 1 aromatic heterocycles. The molecule has 0 spiro atoms. The average molecular weight is 513 g/mol. The molecule has 2 aromatic rings. The van der Waals surface area contributed by atoms with Crippen LogP contribution in [-0.4, -0.2) is 45.3 Å². The first kappa shape index (κ1) is 26.3. The highest BCUT2D eigenvalue weighted by atomic mass is 32.1. The summed E-state index contributed by atoms with van der Waals surface area (Å²) >= 11 is 1.42. The first-order valence-electron chi connectivity index (χ1n) is 12.5. The van der Waals surface area contributed by atoms with Crippen molar-refractivity contribution in [2.45, 2.75) is 77.8 Å². The Morgan fingerprint density at radius 2 is 2.00 bits per heavy atom. The normalized spacial score (nSPS) is 25.9. The van der Waals surface area contributed by atoms with Gasteiger partial charge in [0.1, 0.15) is 22.1 Å². The molecule has 1 saturated heterocycles. The zero-order valence-electron chi connectivity index (χ0n) is 22.1. The summed E-state index contributed by atoms with van der Waals surface area (Å²) in [4.78, 5) is 47.8.